The molecule has 0 amide bonds. The van der Waals surface area contributed by atoms with E-state index in [0.29, 0.717) is 12.6 Å². The molecule has 0 saturated carbocycles. The smallest absolute Gasteiger partial charge is 0.319 e. The van der Waals surface area contributed by atoms with E-state index in [4.69, 9.17) is 9.72 Å². The number of likely N-dealkylation sites (tertiary alicyclic amines) is 1. The fraction of sp³-hybridized carbons (Fsp3) is 0.500. The summed E-state index contributed by atoms with van der Waals surface area (Å²) >= 11 is 0. The summed E-state index contributed by atoms with van der Waals surface area (Å²) in [6.45, 7) is 4.45. The predicted molar refractivity (Wildman–Crippen MR) is 98.4 cm³/mol. The predicted octanol–water partition coefficient (Wildman–Crippen LogP) is 3.31. The van der Waals surface area contributed by atoms with Crippen molar-refractivity contribution < 1.29 is 9.53 Å². The second-order valence-corrected chi connectivity index (χ2v) is 6.65. The summed E-state index contributed by atoms with van der Waals surface area (Å²) < 4.78 is 7.15. The molecule has 2 heterocycles. The van der Waals surface area contributed by atoms with Crippen LogP contribution >= 0.6 is 0 Å². The first-order valence-electron chi connectivity index (χ1n) is 9.13. The van der Waals surface area contributed by atoms with Gasteiger partial charge in [0, 0.05) is 30.4 Å². The molecule has 25 heavy (non-hydrogen) atoms. The Balaban J connectivity index is 1.75. The Morgan fingerprint density at radius 1 is 1.24 bits per heavy atom. The number of hydrogen-bond donors (Lipinski definition) is 0. The number of esters is 1. The van der Waals surface area contributed by atoms with Gasteiger partial charge in [-0.25, -0.2) is 4.98 Å². The number of imidazole rings is 1. The van der Waals surface area contributed by atoms with Crippen LogP contribution in [0.2, 0.25) is 0 Å². The highest BCUT2D eigenvalue weighted by molar-refractivity contribution is 5.71. The number of hydrogen-bond acceptors (Lipinski definition) is 4. The summed E-state index contributed by atoms with van der Waals surface area (Å²) in [6.07, 6.45) is 6.23. The Morgan fingerprint density at radius 2 is 1.96 bits per heavy atom. The fourth-order valence-corrected chi connectivity index (χ4v) is 3.63. The van der Waals surface area contributed by atoms with Crippen molar-refractivity contribution in [2.75, 3.05) is 26.7 Å². The van der Waals surface area contributed by atoms with Gasteiger partial charge in [0.15, 0.2) is 0 Å². The lowest BCUT2D eigenvalue weighted by molar-refractivity contribution is -0.142. The fourth-order valence-electron chi connectivity index (χ4n) is 3.63. The van der Waals surface area contributed by atoms with Crippen molar-refractivity contribution in [3.8, 4) is 11.3 Å². The number of benzene rings is 1. The van der Waals surface area contributed by atoms with Crippen LogP contribution in [0.1, 0.15) is 37.9 Å². The standard InChI is InChI=1S/C20H27N3O2/c1-3-7-18-20(16-8-5-4-6-9-16)21-15-23(18)17-10-12-22(13-11-17)14-19(24)25-2/h4-6,8-9,15,17H,3,7,10-14H2,1-2H3. The Hall–Kier alpha value is -2.14. The molecular weight excluding hydrogens is 314 g/mol. The monoisotopic (exact) mass is 341 g/mol. The summed E-state index contributed by atoms with van der Waals surface area (Å²) in [6, 6.07) is 10.9. The molecule has 1 aromatic heterocycles. The van der Waals surface area contributed by atoms with Gasteiger partial charge in [-0.3, -0.25) is 9.69 Å². The van der Waals surface area contributed by atoms with E-state index in [-0.39, 0.29) is 5.97 Å². The maximum atomic E-state index is 11.5. The van der Waals surface area contributed by atoms with Gasteiger partial charge in [0.05, 0.1) is 25.7 Å². The van der Waals surface area contributed by atoms with E-state index in [1.54, 1.807) is 0 Å². The van der Waals surface area contributed by atoms with E-state index >= 15 is 0 Å². The zero-order valence-corrected chi connectivity index (χ0v) is 15.1. The molecule has 1 aliphatic rings. The van der Waals surface area contributed by atoms with Crippen molar-refractivity contribution in [1.82, 2.24) is 14.5 Å². The van der Waals surface area contributed by atoms with Gasteiger partial charge >= 0.3 is 5.97 Å². The zero-order chi connectivity index (χ0) is 17.6. The Kier molecular flexibility index (Phi) is 5.87. The second kappa shape index (κ2) is 8.30. The number of methoxy groups -OCH3 is 1. The number of carbonyl (C=O) groups excluding carboxylic acids is 1. The number of nitrogens with zero attached hydrogens (tertiary/aromatic N) is 3. The maximum absolute atomic E-state index is 11.5. The highest BCUT2D eigenvalue weighted by Crippen LogP contribution is 2.30. The molecule has 2 aromatic rings. The molecule has 0 unspecified atom stereocenters. The number of aromatic nitrogens is 2. The van der Waals surface area contributed by atoms with Gasteiger partial charge in [-0.15, -0.1) is 0 Å². The van der Waals surface area contributed by atoms with E-state index < -0.39 is 0 Å². The van der Waals surface area contributed by atoms with Crippen molar-refractivity contribution in [3.05, 3.63) is 42.4 Å². The molecule has 1 saturated heterocycles. The molecule has 3 rings (SSSR count). The highest BCUT2D eigenvalue weighted by Gasteiger charge is 2.25. The van der Waals surface area contributed by atoms with Crippen LogP contribution < -0.4 is 0 Å². The van der Waals surface area contributed by atoms with Crippen molar-refractivity contribution >= 4 is 5.97 Å². The van der Waals surface area contributed by atoms with Gasteiger partial charge in [-0.1, -0.05) is 43.7 Å². The summed E-state index contributed by atoms with van der Waals surface area (Å²) in [7, 11) is 1.45. The Bertz CT molecular complexity index is 688. The van der Waals surface area contributed by atoms with Crippen LogP contribution in [0.3, 0.4) is 0 Å². The van der Waals surface area contributed by atoms with E-state index in [1.165, 1.54) is 18.4 Å². The van der Waals surface area contributed by atoms with Crippen molar-refractivity contribution in [2.45, 2.75) is 38.6 Å². The van der Waals surface area contributed by atoms with Gasteiger partial charge < -0.3 is 9.30 Å². The average Bonchev–Trinajstić information content (AvgIpc) is 3.07. The molecule has 0 N–H and O–H groups in total. The van der Waals surface area contributed by atoms with Gasteiger partial charge in [0.2, 0.25) is 0 Å². The summed E-state index contributed by atoms with van der Waals surface area (Å²) in [5.74, 6) is -0.154. The lowest BCUT2D eigenvalue weighted by Crippen LogP contribution is -2.38. The van der Waals surface area contributed by atoms with Crippen molar-refractivity contribution in [1.29, 1.82) is 0 Å². The number of piperidine rings is 1. The maximum Gasteiger partial charge on any atom is 0.319 e. The van der Waals surface area contributed by atoms with Crippen LogP contribution in [0, 0.1) is 0 Å². The molecule has 1 fully saturated rings. The van der Waals surface area contributed by atoms with Gasteiger partial charge in [-0.2, -0.15) is 0 Å². The molecule has 0 aliphatic carbocycles. The molecule has 1 aromatic carbocycles. The molecule has 0 radical (unpaired) electrons. The Labute approximate surface area is 149 Å². The first kappa shape index (κ1) is 17.7. The van der Waals surface area contributed by atoms with Crippen LogP contribution in [-0.2, 0) is 16.0 Å². The highest BCUT2D eigenvalue weighted by atomic mass is 16.5. The third-order valence-electron chi connectivity index (χ3n) is 4.96. The van der Waals surface area contributed by atoms with Crippen molar-refractivity contribution in [2.24, 2.45) is 0 Å². The normalized spacial score (nSPS) is 16.1. The quantitative estimate of drug-likeness (QED) is 0.756. The lowest BCUT2D eigenvalue weighted by atomic mass is 10.0. The van der Waals surface area contributed by atoms with Crippen LogP contribution in [0.5, 0.6) is 0 Å². The second-order valence-electron chi connectivity index (χ2n) is 6.65. The number of rotatable bonds is 6. The molecule has 0 bridgehead atoms. The van der Waals surface area contributed by atoms with Crippen LogP contribution in [0.4, 0.5) is 0 Å². The molecule has 0 spiro atoms. The van der Waals surface area contributed by atoms with Crippen LogP contribution in [0.15, 0.2) is 36.7 Å². The molecule has 5 nitrogen and oxygen atoms in total. The molecule has 134 valence electrons. The third kappa shape index (κ3) is 4.10. The average molecular weight is 341 g/mol. The molecular formula is C20H27N3O2. The summed E-state index contributed by atoms with van der Waals surface area (Å²) in [4.78, 5) is 18.4. The van der Waals surface area contributed by atoms with Crippen LogP contribution in [-0.4, -0.2) is 47.2 Å². The topological polar surface area (TPSA) is 47.4 Å². The number of ether oxygens (including phenoxy) is 1. The Morgan fingerprint density at radius 3 is 2.60 bits per heavy atom. The minimum absolute atomic E-state index is 0.154. The van der Waals surface area contributed by atoms with E-state index in [1.807, 2.05) is 12.4 Å². The minimum Gasteiger partial charge on any atom is -0.468 e. The first-order chi connectivity index (χ1) is 12.2. The summed E-state index contributed by atoms with van der Waals surface area (Å²) in [5, 5.41) is 0. The van der Waals surface area contributed by atoms with Gasteiger partial charge in [0.1, 0.15) is 0 Å². The SMILES string of the molecule is CCCc1c(-c2ccccc2)ncn1C1CCN(CC(=O)OC)CC1. The third-order valence-corrected chi connectivity index (χ3v) is 4.96. The summed E-state index contributed by atoms with van der Waals surface area (Å²) in [5.41, 5.74) is 3.63. The molecule has 5 heteroatoms. The van der Waals surface area contributed by atoms with Gasteiger partial charge in [0.25, 0.3) is 0 Å². The largest absolute Gasteiger partial charge is 0.468 e. The molecule has 0 atom stereocenters. The molecule has 1 aliphatic heterocycles. The van der Waals surface area contributed by atoms with E-state index in [9.17, 15) is 4.79 Å². The van der Waals surface area contributed by atoms with E-state index in [0.717, 1.165) is 44.5 Å². The van der Waals surface area contributed by atoms with Crippen LogP contribution in [0.25, 0.3) is 11.3 Å². The number of carbonyl (C=O) groups is 1. The van der Waals surface area contributed by atoms with E-state index in [2.05, 4.69) is 40.7 Å². The lowest BCUT2D eigenvalue weighted by Gasteiger charge is -2.32. The van der Waals surface area contributed by atoms with Gasteiger partial charge in [-0.05, 0) is 19.3 Å². The zero-order valence-electron chi connectivity index (χ0n) is 15.1. The van der Waals surface area contributed by atoms with Crippen molar-refractivity contribution in [3.63, 3.8) is 0 Å². The first-order valence-corrected chi connectivity index (χ1v) is 9.13. The minimum atomic E-state index is -0.154.